The molecule has 2 fully saturated rings. The zero-order chi connectivity index (χ0) is 21.1. The number of benzene rings is 2. The van der Waals surface area contributed by atoms with Crippen LogP contribution in [-0.4, -0.2) is 59.9 Å². The Kier molecular flexibility index (Phi) is 5.69. The normalized spacial score (nSPS) is 23.3. The van der Waals surface area contributed by atoms with E-state index in [2.05, 4.69) is 29.6 Å². The van der Waals surface area contributed by atoms with Crippen molar-refractivity contribution in [1.82, 2.24) is 9.80 Å². The molecular formula is C23H24F2N4O. The van der Waals surface area contributed by atoms with Gasteiger partial charge in [0.2, 0.25) is 5.91 Å². The van der Waals surface area contributed by atoms with Crippen LogP contribution in [0.1, 0.15) is 12.8 Å². The van der Waals surface area contributed by atoms with E-state index in [9.17, 15) is 13.6 Å². The molecule has 7 heteroatoms. The molecule has 0 aliphatic carbocycles. The van der Waals surface area contributed by atoms with Gasteiger partial charge >= 0.3 is 0 Å². The number of rotatable bonds is 5. The van der Waals surface area contributed by atoms with E-state index in [0.29, 0.717) is 13.1 Å². The van der Waals surface area contributed by atoms with E-state index >= 15 is 0 Å². The second-order valence-electron chi connectivity index (χ2n) is 8.04. The summed E-state index contributed by atoms with van der Waals surface area (Å²) in [5.41, 5.74) is 3.29. The summed E-state index contributed by atoms with van der Waals surface area (Å²) < 4.78 is 27.2. The van der Waals surface area contributed by atoms with Crippen LogP contribution in [0.3, 0.4) is 0 Å². The van der Waals surface area contributed by atoms with E-state index < -0.39 is 30.8 Å². The first-order valence-corrected chi connectivity index (χ1v) is 10.1. The van der Waals surface area contributed by atoms with Crippen molar-refractivity contribution in [2.45, 2.75) is 30.8 Å². The molecule has 2 aromatic carbocycles. The molecule has 1 amide bonds. The molecule has 0 aromatic heterocycles. The monoisotopic (exact) mass is 410 g/mol. The molecule has 4 rings (SSSR count). The number of carbonyl (C=O) groups is 1. The van der Waals surface area contributed by atoms with Crippen LogP contribution in [-0.2, 0) is 4.79 Å². The molecule has 1 N–H and O–H groups in total. The van der Waals surface area contributed by atoms with Crippen LogP contribution < -0.4 is 5.32 Å². The smallest absolute Gasteiger partial charge is 0.268 e. The van der Waals surface area contributed by atoms with E-state index in [4.69, 9.17) is 5.26 Å². The molecule has 5 nitrogen and oxygen atoms in total. The summed E-state index contributed by atoms with van der Waals surface area (Å²) >= 11 is 0. The first-order valence-electron chi connectivity index (χ1n) is 10.1. The van der Waals surface area contributed by atoms with Crippen LogP contribution in [0.4, 0.5) is 14.5 Å². The van der Waals surface area contributed by atoms with Crippen molar-refractivity contribution in [1.29, 1.82) is 5.26 Å². The Labute approximate surface area is 174 Å². The second-order valence-corrected chi connectivity index (χ2v) is 8.04. The Morgan fingerprint density at radius 3 is 2.70 bits per heavy atom. The van der Waals surface area contributed by atoms with Crippen LogP contribution in [0.5, 0.6) is 0 Å². The minimum Gasteiger partial charge on any atom is -0.381 e. The Hall–Kier alpha value is -2.98. The maximum atomic E-state index is 13.6. The first-order chi connectivity index (χ1) is 14.4. The van der Waals surface area contributed by atoms with E-state index in [1.165, 1.54) is 0 Å². The van der Waals surface area contributed by atoms with Crippen LogP contribution in [0.15, 0.2) is 54.6 Å². The van der Waals surface area contributed by atoms with Crippen LogP contribution in [0, 0.1) is 11.3 Å². The highest BCUT2D eigenvalue weighted by Crippen LogP contribution is 2.32. The minimum atomic E-state index is -2.98. The number of hydrogen-bond acceptors (Lipinski definition) is 4. The summed E-state index contributed by atoms with van der Waals surface area (Å²) in [5, 5.41) is 12.6. The number of amides is 1. The van der Waals surface area contributed by atoms with Crippen LogP contribution >= 0.6 is 0 Å². The lowest BCUT2D eigenvalue weighted by molar-refractivity contribution is -0.133. The standard InChI is InChI=1S/C23H24F2N4O/c24-23(25)12-21(13-26)29(16-23)22(30)15-28-10-9-20(14-28)27-19-8-4-7-18(11-19)17-5-2-1-3-6-17/h1-8,11,20-21,27H,9-10,12,14-16H2/t20-,21-/m0/s1. The lowest BCUT2D eigenvalue weighted by Crippen LogP contribution is -2.43. The fourth-order valence-corrected chi connectivity index (χ4v) is 4.23. The third-order valence-electron chi connectivity index (χ3n) is 5.71. The molecule has 156 valence electrons. The largest absolute Gasteiger partial charge is 0.381 e. The van der Waals surface area contributed by atoms with Gasteiger partial charge in [-0.15, -0.1) is 0 Å². The summed E-state index contributed by atoms with van der Waals surface area (Å²) in [7, 11) is 0. The number of likely N-dealkylation sites (tertiary alicyclic amines) is 2. The highest BCUT2D eigenvalue weighted by molar-refractivity contribution is 5.79. The number of halogens is 2. The maximum absolute atomic E-state index is 13.6. The number of nitrogens with one attached hydrogen (secondary N) is 1. The van der Waals surface area contributed by atoms with Gasteiger partial charge in [-0.05, 0) is 29.7 Å². The van der Waals surface area contributed by atoms with Gasteiger partial charge in [0, 0.05) is 31.2 Å². The fraction of sp³-hybridized carbons (Fsp3) is 0.391. The van der Waals surface area contributed by atoms with E-state index in [1.54, 1.807) is 0 Å². The maximum Gasteiger partial charge on any atom is 0.268 e. The number of alkyl halides is 2. The van der Waals surface area contributed by atoms with Gasteiger partial charge in [-0.3, -0.25) is 9.69 Å². The topological polar surface area (TPSA) is 59.4 Å². The average Bonchev–Trinajstić information content (AvgIpc) is 3.31. The average molecular weight is 410 g/mol. The highest BCUT2D eigenvalue weighted by atomic mass is 19.3. The molecule has 2 saturated heterocycles. The van der Waals surface area contributed by atoms with Gasteiger partial charge in [0.25, 0.3) is 5.92 Å². The van der Waals surface area contributed by atoms with Crippen LogP contribution in [0.2, 0.25) is 0 Å². The number of anilines is 1. The van der Waals surface area contributed by atoms with Crippen molar-refractivity contribution < 1.29 is 13.6 Å². The van der Waals surface area contributed by atoms with E-state index in [1.807, 2.05) is 41.3 Å². The number of carbonyl (C=O) groups excluding carboxylic acids is 1. The van der Waals surface area contributed by atoms with Gasteiger partial charge in [-0.25, -0.2) is 8.78 Å². The third-order valence-corrected chi connectivity index (χ3v) is 5.71. The Morgan fingerprint density at radius 2 is 1.93 bits per heavy atom. The quantitative estimate of drug-likeness (QED) is 0.818. The summed E-state index contributed by atoms with van der Waals surface area (Å²) in [4.78, 5) is 15.5. The summed E-state index contributed by atoms with van der Waals surface area (Å²) in [6, 6.07) is 19.3. The zero-order valence-electron chi connectivity index (χ0n) is 16.6. The van der Waals surface area contributed by atoms with Crippen molar-refractivity contribution in [2.75, 3.05) is 31.5 Å². The molecule has 0 saturated carbocycles. The lowest BCUT2D eigenvalue weighted by Gasteiger charge is -2.23. The van der Waals surface area contributed by atoms with Crippen molar-refractivity contribution in [2.24, 2.45) is 0 Å². The molecular weight excluding hydrogens is 386 g/mol. The minimum absolute atomic E-state index is 0.0660. The first kappa shape index (κ1) is 20.3. The Morgan fingerprint density at radius 1 is 1.17 bits per heavy atom. The molecule has 2 heterocycles. The Balaban J connectivity index is 1.33. The van der Waals surface area contributed by atoms with Crippen LogP contribution in [0.25, 0.3) is 11.1 Å². The number of hydrogen-bond donors (Lipinski definition) is 1. The molecule has 0 bridgehead atoms. The number of nitriles is 1. The lowest BCUT2D eigenvalue weighted by atomic mass is 10.1. The summed E-state index contributed by atoms with van der Waals surface area (Å²) in [6.45, 7) is 0.772. The predicted octanol–water partition coefficient (Wildman–Crippen LogP) is 3.60. The molecule has 2 atom stereocenters. The molecule has 30 heavy (non-hydrogen) atoms. The third kappa shape index (κ3) is 4.60. The summed E-state index contributed by atoms with van der Waals surface area (Å²) in [6.07, 6.45) is 0.290. The van der Waals surface area contributed by atoms with Crippen molar-refractivity contribution in [3.05, 3.63) is 54.6 Å². The molecule has 2 aliphatic heterocycles. The molecule has 0 radical (unpaired) electrons. The van der Waals surface area contributed by atoms with E-state index in [0.717, 1.165) is 28.1 Å². The molecule has 0 unspecified atom stereocenters. The van der Waals surface area contributed by atoms with Gasteiger partial charge in [0.05, 0.1) is 19.2 Å². The molecule has 2 aromatic rings. The van der Waals surface area contributed by atoms with Crippen molar-refractivity contribution in [3.63, 3.8) is 0 Å². The summed E-state index contributed by atoms with van der Waals surface area (Å²) in [5.74, 6) is -3.37. The van der Waals surface area contributed by atoms with E-state index in [-0.39, 0.29) is 12.6 Å². The van der Waals surface area contributed by atoms with Gasteiger partial charge in [-0.2, -0.15) is 5.26 Å². The van der Waals surface area contributed by atoms with Gasteiger partial charge in [0.1, 0.15) is 6.04 Å². The van der Waals surface area contributed by atoms with Gasteiger partial charge in [0.15, 0.2) is 0 Å². The second kappa shape index (κ2) is 8.41. The predicted molar refractivity (Wildman–Crippen MR) is 111 cm³/mol. The molecule has 2 aliphatic rings. The highest BCUT2D eigenvalue weighted by Gasteiger charge is 2.47. The van der Waals surface area contributed by atoms with Gasteiger partial charge < -0.3 is 10.2 Å². The zero-order valence-corrected chi connectivity index (χ0v) is 16.6. The molecule has 0 spiro atoms. The SMILES string of the molecule is N#C[C@@H]1CC(F)(F)CN1C(=O)CN1CC[C@H](Nc2cccc(-c3ccccc3)c2)C1. The van der Waals surface area contributed by atoms with Crippen molar-refractivity contribution >= 4 is 11.6 Å². The van der Waals surface area contributed by atoms with Crippen molar-refractivity contribution in [3.8, 4) is 17.2 Å². The van der Waals surface area contributed by atoms with Gasteiger partial charge in [-0.1, -0.05) is 42.5 Å². The number of nitrogens with zero attached hydrogens (tertiary/aromatic N) is 3. The fourth-order valence-electron chi connectivity index (χ4n) is 4.23. The Bertz CT molecular complexity index is 944.